The first kappa shape index (κ1) is 19.6. The molecule has 0 radical (unpaired) electrons. The number of ether oxygens (including phenoxy) is 2. The lowest BCUT2D eigenvalue weighted by atomic mass is 10.1. The van der Waals surface area contributed by atoms with E-state index in [1.54, 1.807) is 0 Å². The third kappa shape index (κ3) is 6.52. The third-order valence-electron chi connectivity index (χ3n) is 4.66. The number of hydrogen-bond donors (Lipinski definition) is 2. The molecule has 0 saturated carbocycles. The molecule has 0 amide bonds. The maximum Gasteiger partial charge on any atom is 0.191 e. The predicted molar refractivity (Wildman–Crippen MR) is 111 cm³/mol. The van der Waals surface area contributed by atoms with Gasteiger partial charge in [-0.25, -0.2) is 4.99 Å². The Morgan fingerprint density at radius 2 is 2.07 bits per heavy atom. The molecule has 2 aromatic rings. The first-order chi connectivity index (χ1) is 13.3. The Balaban J connectivity index is 1.41. The van der Waals surface area contributed by atoms with Crippen LogP contribution in [-0.4, -0.2) is 45.0 Å². The summed E-state index contributed by atoms with van der Waals surface area (Å²) < 4.78 is 11.3. The average Bonchev–Trinajstić information content (AvgIpc) is 3.22. The summed E-state index contributed by atoms with van der Waals surface area (Å²) in [5.74, 6) is 0.852. The Kier molecular flexibility index (Phi) is 7.93. The third-order valence-corrected chi connectivity index (χ3v) is 4.66. The van der Waals surface area contributed by atoms with E-state index in [1.165, 1.54) is 16.3 Å². The molecule has 1 atom stereocenters. The molecule has 0 bridgehead atoms. The summed E-state index contributed by atoms with van der Waals surface area (Å²) >= 11 is 0. The Labute approximate surface area is 162 Å². The molecule has 27 heavy (non-hydrogen) atoms. The van der Waals surface area contributed by atoms with Crippen LogP contribution in [0.4, 0.5) is 0 Å². The monoisotopic (exact) mass is 369 g/mol. The lowest BCUT2D eigenvalue weighted by Crippen LogP contribution is -2.38. The maximum absolute atomic E-state index is 5.70. The molecule has 1 heterocycles. The van der Waals surface area contributed by atoms with Gasteiger partial charge in [-0.05, 0) is 48.6 Å². The number of rotatable bonds is 9. The molecule has 0 aromatic heterocycles. The second kappa shape index (κ2) is 10.9. The van der Waals surface area contributed by atoms with E-state index in [0.717, 1.165) is 58.1 Å². The van der Waals surface area contributed by atoms with E-state index >= 15 is 0 Å². The summed E-state index contributed by atoms with van der Waals surface area (Å²) in [6.07, 6.45) is 3.55. The van der Waals surface area contributed by atoms with Crippen LogP contribution in [0, 0.1) is 0 Å². The molecule has 146 valence electrons. The second-order valence-corrected chi connectivity index (χ2v) is 6.87. The number of fused-ring (bicyclic) bond motifs is 1. The number of nitrogens with zero attached hydrogens (tertiary/aromatic N) is 1. The molecule has 1 unspecified atom stereocenters. The van der Waals surface area contributed by atoms with Crippen LogP contribution < -0.4 is 10.6 Å². The second-order valence-electron chi connectivity index (χ2n) is 6.87. The molecule has 2 N–H and O–H groups in total. The molecule has 1 fully saturated rings. The van der Waals surface area contributed by atoms with Gasteiger partial charge in [0.05, 0.1) is 19.3 Å². The predicted octanol–water partition coefficient (Wildman–Crippen LogP) is 3.48. The Morgan fingerprint density at radius 1 is 1.19 bits per heavy atom. The summed E-state index contributed by atoms with van der Waals surface area (Å²) in [6, 6.07) is 14.9. The zero-order valence-corrected chi connectivity index (χ0v) is 16.2. The van der Waals surface area contributed by atoms with Crippen LogP contribution in [0.25, 0.3) is 10.8 Å². The minimum atomic E-state index is 0.304. The number of aliphatic imine (C=N–C) groups is 1. The highest BCUT2D eigenvalue weighted by atomic mass is 16.5. The standard InChI is InChI=1S/C22H31N3O2/c1-2-23-22(24-12-6-13-26-17-21-9-5-14-27-21)25-16-18-10-11-19-7-3-4-8-20(19)15-18/h3-4,7-8,10-11,15,21H,2,5-6,9,12-14,16-17H2,1H3,(H2,23,24,25). The van der Waals surface area contributed by atoms with E-state index in [4.69, 9.17) is 14.5 Å². The minimum absolute atomic E-state index is 0.304. The summed E-state index contributed by atoms with van der Waals surface area (Å²) in [4.78, 5) is 4.70. The van der Waals surface area contributed by atoms with Gasteiger partial charge in [0.15, 0.2) is 5.96 Å². The van der Waals surface area contributed by atoms with Crippen molar-refractivity contribution in [3.8, 4) is 0 Å². The lowest BCUT2D eigenvalue weighted by molar-refractivity contribution is 0.0168. The van der Waals surface area contributed by atoms with Crippen LogP contribution in [0.1, 0.15) is 31.7 Å². The van der Waals surface area contributed by atoms with Gasteiger partial charge in [0.25, 0.3) is 0 Å². The quantitative estimate of drug-likeness (QED) is 0.404. The molecule has 1 saturated heterocycles. The fourth-order valence-electron chi connectivity index (χ4n) is 3.22. The number of nitrogens with one attached hydrogen (secondary N) is 2. The molecule has 1 aliphatic rings. The maximum atomic E-state index is 5.70. The smallest absolute Gasteiger partial charge is 0.191 e. The van der Waals surface area contributed by atoms with E-state index < -0.39 is 0 Å². The lowest BCUT2D eigenvalue weighted by Gasteiger charge is -2.13. The van der Waals surface area contributed by atoms with E-state index in [9.17, 15) is 0 Å². The molecule has 5 heteroatoms. The summed E-state index contributed by atoms with van der Waals surface area (Å²) in [6.45, 7) is 6.78. The van der Waals surface area contributed by atoms with Gasteiger partial charge in [0.2, 0.25) is 0 Å². The van der Waals surface area contributed by atoms with Crippen LogP contribution in [0.3, 0.4) is 0 Å². The first-order valence-electron chi connectivity index (χ1n) is 10.0. The molecule has 1 aliphatic heterocycles. The Bertz CT molecular complexity index is 726. The fraction of sp³-hybridized carbons (Fsp3) is 0.500. The Morgan fingerprint density at radius 3 is 2.89 bits per heavy atom. The molecular weight excluding hydrogens is 338 g/mol. The van der Waals surface area contributed by atoms with E-state index in [2.05, 4.69) is 60.0 Å². The van der Waals surface area contributed by atoms with Crippen molar-refractivity contribution in [1.82, 2.24) is 10.6 Å². The van der Waals surface area contributed by atoms with Gasteiger partial charge in [0.1, 0.15) is 0 Å². The number of guanidine groups is 1. The van der Waals surface area contributed by atoms with Crippen molar-refractivity contribution in [3.05, 3.63) is 48.0 Å². The van der Waals surface area contributed by atoms with Gasteiger partial charge in [-0.3, -0.25) is 0 Å². The van der Waals surface area contributed by atoms with Crippen LogP contribution >= 0.6 is 0 Å². The molecular formula is C22H31N3O2. The largest absolute Gasteiger partial charge is 0.379 e. The van der Waals surface area contributed by atoms with Crippen LogP contribution in [0.5, 0.6) is 0 Å². The summed E-state index contributed by atoms with van der Waals surface area (Å²) in [5.41, 5.74) is 1.21. The minimum Gasteiger partial charge on any atom is -0.379 e. The molecule has 0 spiro atoms. The molecule has 5 nitrogen and oxygen atoms in total. The van der Waals surface area contributed by atoms with Crippen molar-refractivity contribution < 1.29 is 9.47 Å². The van der Waals surface area contributed by atoms with Crippen molar-refractivity contribution in [3.63, 3.8) is 0 Å². The van der Waals surface area contributed by atoms with Crippen molar-refractivity contribution in [2.45, 2.75) is 38.8 Å². The van der Waals surface area contributed by atoms with Crippen molar-refractivity contribution in [1.29, 1.82) is 0 Å². The molecule has 2 aromatic carbocycles. The van der Waals surface area contributed by atoms with E-state index in [-0.39, 0.29) is 0 Å². The van der Waals surface area contributed by atoms with Crippen molar-refractivity contribution >= 4 is 16.7 Å². The summed E-state index contributed by atoms with van der Waals surface area (Å²) in [5, 5.41) is 9.21. The average molecular weight is 370 g/mol. The van der Waals surface area contributed by atoms with Gasteiger partial charge >= 0.3 is 0 Å². The SMILES string of the molecule is CCNC(=NCc1ccc2ccccc2c1)NCCCOCC1CCCO1. The van der Waals surface area contributed by atoms with Gasteiger partial charge < -0.3 is 20.1 Å². The normalized spacial score (nSPS) is 17.4. The Hall–Kier alpha value is -2.11. The van der Waals surface area contributed by atoms with E-state index in [0.29, 0.717) is 12.6 Å². The highest BCUT2D eigenvalue weighted by Crippen LogP contribution is 2.16. The molecule has 3 rings (SSSR count). The molecule has 0 aliphatic carbocycles. The highest BCUT2D eigenvalue weighted by Gasteiger charge is 2.14. The fourth-order valence-corrected chi connectivity index (χ4v) is 3.22. The van der Waals surface area contributed by atoms with Crippen molar-refractivity contribution in [2.24, 2.45) is 4.99 Å². The van der Waals surface area contributed by atoms with Gasteiger partial charge in [0, 0.05) is 26.3 Å². The van der Waals surface area contributed by atoms with Crippen LogP contribution in [0.15, 0.2) is 47.5 Å². The van der Waals surface area contributed by atoms with Crippen LogP contribution in [-0.2, 0) is 16.0 Å². The topological polar surface area (TPSA) is 54.9 Å². The zero-order chi connectivity index (χ0) is 18.7. The van der Waals surface area contributed by atoms with Gasteiger partial charge in [-0.15, -0.1) is 0 Å². The number of hydrogen-bond acceptors (Lipinski definition) is 3. The van der Waals surface area contributed by atoms with Gasteiger partial charge in [-0.1, -0.05) is 36.4 Å². The zero-order valence-electron chi connectivity index (χ0n) is 16.2. The highest BCUT2D eigenvalue weighted by molar-refractivity contribution is 5.83. The van der Waals surface area contributed by atoms with Gasteiger partial charge in [-0.2, -0.15) is 0 Å². The van der Waals surface area contributed by atoms with E-state index in [1.807, 2.05) is 0 Å². The van der Waals surface area contributed by atoms with Crippen molar-refractivity contribution in [2.75, 3.05) is 32.9 Å². The first-order valence-corrected chi connectivity index (χ1v) is 10.0. The number of benzene rings is 2. The van der Waals surface area contributed by atoms with Crippen LogP contribution in [0.2, 0.25) is 0 Å². The summed E-state index contributed by atoms with van der Waals surface area (Å²) in [7, 11) is 0.